The van der Waals surface area contributed by atoms with Crippen LogP contribution in [0.3, 0.4) is 0 Å². The third-order valence-electron chi connectivity index (χ3n) is 3.61. The van der Waals surface area contributed by atoms with Crippen molar-refractivity contribution in [1.82, 2.24) is 4.31 Å². The monoisotopic (exact) mass is 381 g/mol. The van der Waals surface area contributed by atoms with E-state index in [0.29, 0.717) is 19.3 Å². The van der Waals surface area contributed by atoms with Crippen LogP contribution in [0.2, 0.25) is 0 Å². The van der Waals surface area contributed by atoms with Gasteiger partial charge >= 0.3 is 5.97 Å². The predicted octanol–water partition coefficient (Wildman–Crippen LogP) is 2.53. The molecule has 20 heavy (non-hydrogen) atoms. The Labute approximate surface area is 130 Å². The quantitative estimate of drug-likeness (QED) is 0.849. The van der Waals surface area contributed by atoms with E-state index < -0.39 is 27.2 Å². The number of halogens is 1. The van der Waals surface area contributed by atoms with Crippen molar-refractivity contribution in [3.8, 4) is 0 Å². The molecule has 1 fully saturated rings. The lowest BCUT2D eigenvalue weighted by molar-refractivity contribution is -0.141. The highest BCUT2D eigenvalue weighted by molar-refractivity contribution is 9.11. The molecule has 2 atom stereocenters. The van der Waals surface area contributed by atoms with Crippen LogP contribution in [-0.2, 0) is 21.4 Å². The van der Waals surface area contributed by atoms with Crippen molar-refractivity contribution in [3.05, 3.63) is 20.8 Å². The SMILES string of the molecule is CN(Cc1csc(Br)c1)S(=O)(=O)C1CCCC1C(=O)O. The molecule has 0 spiro atoms. The maximum Gasteiger partial charge on any atom is 0.307 e. The molecular formula is C12H16BrNO4S2. The van der Waals surface area contributed by atoms with Crippen LogP contribution in [-0.4, -0.2) is 36.1 Å². The Morgan fingerprint density at radius 1 is 1.55 bits per heavy atom. The normalized spacial score (nSPS) is 23.4. The van der Waals surface area contributed by atoms with Gasteiger partial charge in [0.15, 0.2) is 0 Å². The maximum absolute atomic E-state index is 12.5. The zero-order valence-electron chi connectivity index (χ0n) is 11.0. The highest BCUT2D eigenvalue weighted by Crippen LogP contribution is 2.33. The zero-order chi connectivity index (χ0) is 14.9. The fraction of sp³-hybridized carbons (Fsp3) is 0.583. The van der Waals surface area contributed by atoms with E-state index in [1.54, 1.807) is 0 Å². The highest BCUT2D eigenvalue weighted by Gasteiger charge is 2.43. The van der Waals surface area contributed by atoms with Gasteiger partial charge in [-0.05, 0) is 45.8 Å². The minimum atomic E-state index is -3.58. The summed E-state index contributed by atoms with van der Waals surface area (Å²) in [5.41, 5.74) is 0.901. The van der Waals surface area contributed by atoms with Crippen molar-refractivity contribution in [1.29, 1.82) is 0 Å². The van der Waals surface area contributed by atoms with E-state index in [9.17, 15) is 13.2 Å². The molecule has 1 aliphatic carbocycles. The van der Waals surface area contributed by atoms with Crippen molar-refractivity contribution >= 4 is 43.3 Å². The predicted molar refractivity (Wildman–Crippen MR) is 81.2 cm³/mol. The molecule has 1 aromatic heterocycles. The van der Waals surface area contributed by atoms with Crippen LogP contribution in [0.25, 0.3) is 0 Å². The number of nitrogens with zero attached hydrogens (tertiary/aromatic N) is 1. The van der Waals surface area contributed by atoms with E-state index in [-0.39, 0.29) is 6.54 Å². The molecule has 0 bridgehead atoms. The molecule has 1 saturated carbocycles. The average molecular weight is 382 g/mol. The number of carbonyl (C=O) groups is 1. The second-order valence-corrected chi connectivity index (χ2v) is 9.52. The van der Waals surface area contributed by atoms with E-state index in [4.69, 9.17) is 5.11 Å². The molecule has 2 unspecified atom stereocenters. The fourth-order valence-electron chi connectivity index (χ4n) is 2.57. The van der Waals surface area contributed by atoms with Gasteiger partial charge in [-0.3, -0.25) is 4.79 Å². The van der Waals surface area contributed by atoms with Gasteiger partial charge in [-0.1, -0.05) is 6.42 Å². The zero-order valence-corrected chi connectivity index (χ0v) is 14.2. The van der Waals surface area contributed by atoms with E-state index in [0.717, 1.165) is 9.35 Å². The Morgan fingerprint density at radius 3 is 2.80 bits per heavy atom. The number of carboxylic acid groups (broad SMARTS) is 1. The molecule has 1 aliphatic rings. The summed E-state index contributed by atoms with van der Waals surface area (Å²) in [5.74, 6) is -1.79. The van der Waals surface area contributed by atoms with Crippen LogP contribution >= 0.6 is 27.3 Å². The number of carboxylic acids is 1. The lowest BCUT2D eigenvalue weighted by Gasteiger charge is -2.23. The van der Waals surface area contributed by atoms with Gasteiger partial charge in [-0.25, -0.2) is 12.7 Å². The molecule has 112 valence electrons. The lowest BCUT2D eigenvalue weighted by Crippen LogP contribution is -2.39. The van der Waals surface area contributed by atoms with Gasteiger partial charge < -0.3 is 5.11 Å². The first-order valence-electron chi connectivity index (χ1n) is 6.23. The largest absolute Gasteiger partial charge is 0.481 e. The topological polar surface area (TPSA) is 74.7 Å². The molecule has 0 aromatic carbocycles. The summed E-state index contributed by atoms with van der Waals surface area (Å²) < 4.78 is 27.2. The second kappa shape index (κ2) is 6.13. The molecule has 0 amide bonds. The van der Waals surface area contributed by atoms with Gasteiger partial charge in [0.25, 0.3) is 0 Å². The average Bonchev–Trinajstić information content (AvgIpc) is 2.98. The van der Waals surface area contributed by atoms with Gasteiger partial charge in [0.1, 0.15) is 0 Å². The van der Waals surface area contributed by atoms with Gasteiger partial charge in [-0.15, -0.1) is 11.3 Å². The Morgan fingerprint density at radius 2 is 2.25 bits per heavy atom. The first kappa shape index (κ1) is 15.9. The molecule has 0 aliphatic heterocycles. The van der Waals surface area contributed by atoms with Crippen molar-refractivity contribution in [2.45, 2.75) is 31.1 Å². The summed E-state index contributed by atoms with van der Waals surface area (Å²) in [6.45, 7) is 0.271. The Bertz CT molecular complexity index is 598. The molecule has 8 heteroatoms. The van der Waals surface area contributed by atoms with E-state index in [1.165, 1.54) is 22.7 Å². The molecule has 0 saturated heterocycles. The smallest absolute Gasteiger partial charge is 0.307 e. The molecule has 2 rings (SSSR count). The second-order valence-electron chi connectivity index (χ2n) is 4.97. The summed E-state index contributed by atoms with van der Waals surface area (Å²) >= 11 is 4.84. The van der Waals surface area contributed by atoms with Crippen LogP contribution in [0.15, 0.2) is 15.2 Å². The van der Waals surface area contributed by atoms with E-state index in [1.807, 2.05) is 11.4 Å². The van der Waals surface area contributed by atoms with Crippen molar-refractivity contribution in [3.63, 3.8) is 0 Å². The van der Waals surface area contributed by atoms with Crippen LogP contribution in [0.4, 0.5) is 0 Å². The summed E-state index contributed by atoms with van der Waals surface area (Å²) in [7, 11) is -2.07. The third-order valence-corrected chi connectivity index (χ3v) is 7.49. The first-order chi connectivity index (χ1) is 9.32. The number of sulfonamides is 1. The summed E-state index contributed by atoms with van der Waals surface area (Å²) in [4.78, 5) is 11.2. The van der Waals surface area contributed by atoms with E-state index >= 15 is 0 Å². The fourth-order valence-corrected chi connectivity index (χ4v) is 5.70. The Balaban J connectivity index is 2.15. The van der Waals surface area contributed by atoms with Crippen molar-refractivity contribution in [2.75, 3.05) is 7.05 Å². The number of thiophene rings is 1. The van der Waals surface area contributed by atoms with E-state index in [2.05, 4.69) is 15.9 Å². The lowest BCUT2D eigenvalue weighted by atomic mass is 10.1. The van der Waals surface area contributed by atoms with Crippen LogP contribution in [0.5, 0.6) is 0 Å². The van der Waals surface area contributed by atoms with Gasteiger partial charge in [0.05, 0.1) is 15.0 Å². The van der Waals surface area contributed by atoms with Crippen LogP contribution in [0.1, 0.15) is 24.8 Å². The van der Waals surface area contributed by atoms with Gasteiger partial charge in [-0.2, -0.15) is 0 Å². The van der Waals surface area contributed by atoms with Gasteiger partial charge in [0, 0.05) is 13.6 Å². The molecule has 1 N–H and O–H groups in total. The minimum absolute atomic E-state index is 0.271. The van der Waals surface area contributed by atoms with Crippen LogP contribution < -0.4 is 0 Å². The Kier molecular flexibility index (Phi) is 4.88. The number of hydrogen-bond donors (Lipinski definition) is 1. The number of rotatable bonds is 5. The summed E-state index contributed by atoms with van der Waals surface area (Å²) in [5, 5.41) is 10.2. The van der Waals surface area contributed by atoms with Crippen molar-refractivity contribution < 1.29 is 18.3 Å². The Hall–Kier alpha value is -0.440. The maximum atomic E-state index is 12.5. The minimum Gasteiger partial charge on any atom is -0.481 e. The highest BCUT2D eigenvalue weighted by atomic mass is 79.9. The van der Waals surface area contributed by atoms with Gasteiger partial charge in [0.2, 0.25) is 10.0 Å². The molecule has 1 aromatic rings. The number of hydrogen-bond acceptors (Lipinski definition) is 4. The molecule has 5 nitrogen and oxygen atoms in total. The molecule has 0 radical (unpaired) electrons. The van der Waals surface area contributed by atoms with Crippen LogP contribution in [0, 0.1) is 5.92 Å². The summed E-state index contributed by atoms with van der Waals surface area (Å²) in [6, 6.07) is 1.88. The summed E-state index contributed by atoms with van der Waals surface area (Å²) in [6.07, 6.45) is 1.52. The standard InChI is InChI=1S/C12H16BrNO4S2/c1-14(6-8-5-11(13)19-7-8)20(17,18)10-4-2-3-9(10)12(15)16/h5,7,9-10H,2-4,6H2,1H3,(H,15,16). The molecule has 1 heterocycles. The third kappa shape index (κ3) is 3.24. The number of aliphatic carboxylic acids is 1. The first-order valence-corrected chi connectivity index (χ1v) is 9.41. The molecular weight excluding hydrogens is 366 g/mol. The van der Waals surface area contributed by atoms with Crippen molar-refractivity contribution in [2.24, 2.45) is 5.92 Å².